The van der Waals surface area contributed by atoms with Crippen LogP contribution >= 0.6 is 0 Å². The second-order valence-corrected chi connectivity index (χ2v) is 8.93. The summed E-state index contributed by atoms with van der Waals surface area (Å²) in [5.74, 6) is -0.832. The summed E-state index contributed by atoms with van der Waals surface area (Å²) in [6.07, 6.45) is 4.95. The van der Waals surface area contributed by atoms with Gasteiger partial charge in [0.25, 0.3) is 5.91 Å². The molecule has 0 aliphatic heterocycles. The molecule has 1 aromatic heterocycles. The minimum Gasteiger partial charge on any atom is -0.503 e. The molecule has 1 amide bonds. The van der Waals surface area contributed by atoms with Crippen LogP contribution < -0.4 is 10.1 Å². The summed E-state index contributed by atoms with van der Waals surface area (Å²) in [5.41, 5.74) is 0.318. The number of benzene rings is 1. The van der Waals surface area contributed by atoms with Gasteiger partial charge in [0.1, 0.15) is 17.6 Å². The Morgan fingerprint density at radius 1 is 1.39 bits per heavy atom. The number of carbonyl (C=O) groups excluding carboxylic acids is 2. The number of aldehydes is 1. The van der Waals surface area contributed by atoms with Gasteiger partial charge in [-0.1, -0.05) is 12.5 Å². The van der Waals surface area contributed by atoms with Crippen molar-refractivity contribution in [3.63, 3.8) is 0 Å². The Balaban J connectivity index is 1.73. The van der Waals surface area contributed by atoms with Crippen LogP contribution in [0.3, 0.4) is 0 Å². The van der Waals surface area contributed by atoms with Crippen LogP contribution in [-0.2, 0) is 9.53 Å². The fourth-order valence-electron chi connectivity index (χ4n) is 4.30. The third-order valence-corrected chi connectivity index (χ3v) is 6.38. The lowest BCUT2D eigenvalue weighted by Gasteiger charge is -2.39. The molecule has 1 heterocycles. The molecular formula is C25H31FN2O5. The Labute approximate surface area is 193 Å². The largest absolute Gasteiger partial charge is 0.503 e. The first-order chi connectivity index (χ1) is 15.7. The minimum absolute atomic E-state index is 0.0510. The first-order valence-electron chi connectivity index (χ1n) is 11.1. The number of hydrogen-bond acceptors (Lipinski definition) is 6. The van der Waals surface area contributed by atoms with E-state index in [0.717, 1.165) is 30.4 Å². The van der Waals surface area contributed by atoms with Crippen LogP contribution in [0, 0.1) is 18.7 Å². The molecule has 0 unspecified atom stereocenters. The topological polar surface area (TPSA) is 97.8 Å². The van der Waals surface area contributed by atoms with Gasteiger partial charge in [-0.25, -0.2) is 9.37 Å². The zero-order valence-electron chi connectivity index (χ0n) is 19.4. The van der Waals surface area contributed by atoms with Crippen LogP contribution in [0.5, 0.6) is 11.5 Å². The molecule has 1 fully saturated rings. The summed E-state index contributed by atoms with van der Waals surface area (Å²) in [5, 5.41) is 12.8. The van der Waals surface area contributed by atoms with E-state index < -0.39 is 17.2 Å². The van der Waals surface area contributed by atoms with Crippen molar-refractivity contribution in [2.45, 2.75) is 57.6 Å². The molecule has 2 aromatic rings. The number of nitrogens with one attached hydrogen (secondary N) is 1. The van der Waals surface area contributed by atoms with Crippen LogP contribution in [0.1, 0.15) is 60.6 Å². The van der Waals surface area contributed by atoms with Gasteiger partial charge in [0.2, 0.25) is 0 Å². The molecule has 1 aromatic carbocycles. The van der Waals surface area contributed by atoms with Gasteiger partial charge in [-0.2, -0.15) is 0 Å². The minimum atomic E-state index is -1.34. The molecule has 0 bridgehead atoms. The van der Waals surface area contributed by atoms with E-state index in [1.54, 1.807) is 6.92 Å². The number of hydrogen-bond donors (Lipinski definition) is 2. The predicted molar refractivity (Wildman–Crippen MR) is 121 cm³/mol. The van der Waals surface area contributed by atoms with Crippen molar-refractivity contribution in [3.8, 4) is 11.5 Å². The number of pyridine rings is 1. The fourth-order valence-corrected chi connectivity index (χ4v) is 4.30. The standard InChI is InChI=1S/C25H31FN2O5/c1-15-12-18(26)8-9-19(15)21(17-6-5-7-17)16(2)33-14-25(3,13-29)28-24(31)22-23(30)20(32-4)10-11-27-22/h8-13,16-17,21,30H,5-7,14H2,1-4H3,(H,28,31)/t16-,21-,25+/m0/s1. The maximum absolute atomic E-state index is 13.7. The van der Waals surface area contributed by atoms with E-state index in [4.69, 9.17) is 9.47 Å². The molecule has 178 valence electrons. The first-order valence-corrected chi connectivity index (χ1v) is 11.1. The zero-order chi connectivity index (χ0) is 24.2. The average molecular weight is 459 g/mol. The summed E-state index contributed by atoms with van der Waals surface area (Å²) in [7, 11) is 1.36. The van der Waals surface area contributed by atoms with Crippen LogP contribution in [0.25, 0.3) is 0 Å². The molecule has 33 heavy (non-hydrogen) atoms. The van der Waals surface area contributed by atoms with Crippen molar-refractivity contribution in [1.29, 1.82) is 0 Å². The molecule has 8 heteroatoms. The second kappa shape index (κ2) is 10.3. The quantitative estimate of drug-likeness (QED) is 0.524. The SMILES string of the molecule is COc1ccnc(C(=O)N[C@](C)(C=O)CO[C@@H](C)[C@H](c2ccc(F)cc2C)C2CCC2)c1O. The number of aryl methyl sites for hydroxylation is 1. The number of methoxy groups -OCH3 is 1. The zero-order valence-corrected chi connectivity index (χ0v) is 19.4. The third-order valence-electron chi connectivity index (χ3n) is 6.38. The predicted octanol–water partition coefficient (Wildman–Crippen LogP) is 3.92. The van der Waals surface area contributed by atoms with E-state index in [1.165, 1.54) is 31.5 Å². The highest BCUT2D eigenvalue weighted by Gasteiger charge is 2.36. The summed E-state index contributed by atoms with van der Waals surface area (Å²) < 4.78 is 24.8. The van der Waals surface area contributed by atoms with Gasteiger partial charge in [0.15, 0.2) is 17.2 Å². The van der Waals surface area contributed by atoms with Crippen molar-refractivity contribution in [3.05, 3.63) is 53.1 Å². The number of aromatic hydroxyl groups is 1. The number of rotatable bonds is 10. The number of halogens is 1. The summed E-state index contributed by atoms with van der Waals surface area (Å²) >= 11 is 0. The first kappa shape index (κ1) is 24.6. The number of nitrogens with zero attached hydrogens (tertiary/aromatic N) is 1. The summed E-state index contributed by atoms with van der Waals surface area (Å²) in [4.78, 5) is 28.5. The second-order valence-electron chi connectivity index (χ2n) is 8.93. The van der Waals surface area contributed by atoms with E-state index >= 15 is 0 Å². The van der Waals surface area contributed by atoms with Gasteiger partial charge in [0.05, 0.1) is 19.8 Å². The van der Waals surface area contributed by atoms with Gasteiger partial charge in [-0.05, 0) is 62.8 Å². The highest BCUT2D eigenvalue weighted by Crippen LogP contribution is 2.43. The third kappa shape index (κ3) is 5.50. The monoisotopic (exact) mass is 458 g/mol. The molecule has 1 aliphatic rings. The number of carbonyl (C=O) groups is 2. The van der Waals surface area contributed by atoms with E-state index in [2.05, 4.69) is 10.3 Å². The lowest BCUT2D eigenvalue weighted by Crippen LogP contribution is -2.52. The maximum Gasteiger partial charge on any atom is 0.274 e. The highest BCUT2D eigenvalue weighted by atomic mass is 19.1. The number of aromatic nitrogens is 1. The molecule has 3 rings (SSSR count). The van der Waals surface area contributed by atoms with Crippen molar-refractivity contribution >= 4 is 12.2 Å². The molecule has 0 radical (unpaired) electrons. The smallest absolute Gasteiger partial charge is 0.274 e. The van der Waals surface area contributed by atoms with Gasteiger partial charge in [-0.3, -0.25) is 4.79 Å². The maximum atomic E-state index is 13.7. The average Bonchev–Trinajstić information content (AvgIpc) is 2.75. The fraction of sp³-hybridized carbons (Fsp3) is 0.480. The molecule has 2 N–H and O–H groups in total. The molecular weight excluding hydrogens is 427 g/mol. The van der Waals surface area contributed by atoms with Crippen LogP contribution in [-0.4, -0.2) is 47.6 Å². The Hall–Kier alpha value is -3.00. The molecule has 1 saturated carbocycles. The Kier molecular flexibility index (Phi) is 7.68. The molecule has 3 atom stereocenters. The lowest BCUT2D eigenvalue weighted by molar-refractivity contribution is -0.116. The van der Waals surface area contributed by atoms with E-state index in [9.17, 15) is 19.1 Å². The molecule has 0 spiro atoms. The summed E-state index contributed by atoms with van der Waals surface area (Å²) in [6.45, 7) is 5.30. The normalized spacial score (nSPS) is 17.4. The molecule has 7 nitrogen and oxygen atoms in total. The van der Waals surface area contributed by atoms with Gasteiger partial charge >= 0.3 is 0 Å². The van der Waals surface area contributed by atoms with Gasteiger partial charge < -0.3 is 24.7 Å². The number of ether oxygens (including phenoxy) is 2. The Morgan fingerprint density at radius 3 is 2.70 bits per heavy atom. The summed E-state index contributed by atoms with van der Waals surface area (Å²) in [6, 6.07) is 6.22. The van der Waals surface area contributed by atoms with Crippen molar-refractivity contribution in [2.75, 3.05) is 13.7 Å². The van der Waals surface area contributed by atoms with Gasteiger partial charge in [-0.15, -0.1) is 0 Å². The van der Waals surface area contributed by atoms with Crippen molar-refractivity contribution in [2.24, 2.45) is 5.92 Å². The van der Waals surface area contributed by atoms with Crippen molar-refractivity contribution < 1.29 is 28.6 Å². The van der Waals surface area contributed by atoms with Crippen LogP contribution in [0.4, 0.5) is 4.39 Å². The van der Waals surface area contributed by atoms with Crippen molar-refractivity contribution in [1.82, 2.24) is 10.3 Å². The Morgan fingerprint density at radius 2 is 2.12 bits per heavy atom. The lowest BCUT2D eigenvalue weighted by atomic mass is 9.70. The van der Waals surface area contributed by atoms with Crippen LogP contribution in [0.2, 0.25) is 0 Å². The van der Waals surface area contributed by atoms with E-state index in [1.807, 2.05) is 19.9 Å². The molecule has 0 saturated heterocycles. The number of amides is 1. The highest BCUT2D eigenvalue weighted by molar-refractivity contribution is 5.97. The van der Waals surface area contributed by atoms with Crippen LogP contribution in [0.15, 0.2) is 30.5 Å². The van der Waals surface area contributed by atoms with E-state index in [0.29, 0.717) is 12.2 Å². The van der Waals surface area contributed by atoms with E-state index in [-0.39, 0.29) is 35.9 Å². The Bertz CT molecular complexity index is 1010. The molecule has 1 aliphatic carbocycles. The van der Waals surface area contributed by atoms with Gasteiger partial charge in [0, 0.05) is 18.2 Å².